The molecule has 1 aromatic rings. The van der Waals surface area contributed by atoms with Gasteiger partial charge in [0.2, 0.25) is 0 Å². The van der Waals surface area contributed by atoms with Crippen molar-refractivity contribution < 1.29 is 14.1 Å². The normalized spacial score (nSPS) is 23.6. The first-order valence-corrected chi connectivity index (χ1v) is 7.00. The predicted molar refractivity (Wildman–Crippen MR) is 66.6 cm³/mol. The number of phenolic OH excluding ortho intramolecular Hbond substituents is 1. The second-order valence-corrected chi connectivity index (χ2v) is 5.91. The molecule has 0 radical (unpaired) electrons. The summed E-state index contributed by atoms with van der Waals surface area (Å²) in [4.78, 5) is 11.9. The summed E-state index contributed by atoms with van der Waals surface area (Å²) < 4.78 is 11.2. The van der Waals surface area contributed by atoms with E-state index in [0.717, 1.165) is 12.0 Å². The third-order valence-electron chi connectivity index (χ3n) is 2.81. The van der Waals surface area contributed by atoms with Crippen LogP contribution in [-0.2, 0) is 10.8 Å². The number of nitrogens with one attached hydrogen (secondary N) is 1. The quantitative estimate of drug-likeness (QED) is 0.824. The van der Waals surface area contributed by atoms with Crippen LogP contribution in [0, 0.1) is 6.92 Å². The van der Waals surface area contributed by atoms with Crippen LogP contribution in [0.15, 0.2) is 18.2 Å². The number of hydrogen-bond donors (Lipinski definition) is 2. The molecule has 0 unspecified atom stereocenters. The van der Waals surface area contributed by atoms with E-state index in [0.29, 0.717) is 11.5 Å². The molecule has 0 aliphatic carbocycles. The van der Waals surface area contributed by atoms with Gasteiger partial charge >= 0.3 is 0 Å². The fourth-order valence-electron chi connectivity index (χ4n) is 1.87. The van der Waals surface area contributed by atoms with Crippen LogP contribution in [0.4, 0.5) is 0 Å². The summed E-state index contributed by atoms with van der Waals surface area (Å²) in [7, 11) is -0.813. The van der Waals surface area contributed by atoms with Crippen LogP contribution in [0.3, 0.4) is 0 Å². The lowest BCUT2D eigenvalue weighted by atomic mass is 10.1. The van der Waals surface area contributed by atoms with Crippen molar-refractivity contribution in [2.75, 3.05) is 11.5 Å². The zero-order valence-corrected chi connectivity index (χ0v) is 10.4. The molecule has 1 aliphatic heterocycles. The van der Waals surface area contributed by atoms with Crippen LogP contribution in [0.5, 0.6) is 5.75 Å². The van der Waals surface area contributed by atoms with Gasteiger partial charge in [-0.15, -0.1) is 0 Å². The molecular weight excluding hydrogens is 238 g/mol. The molecule has 2 rings (SSSR count). The van der Waals surface area contributed by atoms with Gasteiger partial charge < -0.3 is 10.4 Å². The predicted octanol–water partition coefficient (Wildman–Crippen LogP) is 0.951. The topological polar surface area (TPSA) is 66.4 Å². The standard InChI is InChI=1S/C12H15NO3S/c1-8-2-3-11(14)10(6-8)12(15)13-9-4-5-17(16)7-9/h2-3,6,9,14H,4-5,7H2,1H3,(H,13,15)/t9-,17+/m1/s1. The van der Waals surface area contributed by atoms with Gasteiger partial charge in [0, 0.05) is 28.3 Å². The zero-order valence-electron chi connectivity index (χ0n) is 9.60. The fraction of sp³-hybridized carbons (Fsp3) is 0.417. The molecule has 1 fully saturated rings. The monoisotopic (exact) mass is 253 g/mol. The van der Waals surface area contributed by atoms with Crippen LogP contribution in [0.1, 0.15) is 22.3 Å². The number of carbonyl (C=O) groups excluding carboxylic acids is 1. The molecule has 2 N–H and O–H groups in total. The van der Waals surface area contributed by atoms with E-state index in [1.54, 1.807) is 12.1 Å². The molecule has 2 atom stereocenters. The van der Waals surface area contributed by atoms with Crippen LogP contribution < -0.4 is 5.32 Å². The van der Waals surface area contributed by atoms with Crippen molar-refractivity contribution in [2.24, 2.45) is 0 Å². The summed E-state index contributed by atoms with van der Waals surface area (Å²) in [5, 5.41) is 12.4. The minimum absolute atomic E-state index is 0.0211. The first-order valence-electron chi connectivity index (χ1n) is 5.51. The van der Waals surface area contributed by atoms with E-state index < -0.39 is 10.8 Å². The average Bonchev–Trinajstić information content (AvgIpc) is 2.67. The Morgan fingerprint density at radius 3 is 2.94 bits per heavy atom. The van der Waals surface area contributed by atoms with E-state index in [1.165, 1.54) is 6.07 Å². The van der Waals surface area contributed by atoms with Gasteiger partial charge in [0.1, 0.15) is 5.75 Å². The van der Waals surface area contributed by atoms with Crippen molar-refractivity contribution in [3.05, 3.63) is 29.3 Å². The van der Waals surface area contributed by atoms with E-state index in [-0.39, 0.29) is 23.3 Å². The lowest BCUT2D eigenvalue weighted by Gasteiger charge is -2.12. The number of aromatic hydroxyl groups is 1. The molecule has 5 heteroatoms. The highest BCUT2D eigenvalue weighted by Gasteiger charge is 2.23. The number of phenols is 1. The Kier molecular flexibility index (Phi) is 3.47. The maximum atomic E-state index is 11.9. The highest BCUT2D eigenvalue weighted by atomic mass is 32.2. The third kappa shape index (κ3) is 2.85. The first-order chi connectivity index (χ1) is 8.06. The smallest absolute Gasteiger partial charge is 0.255 e. The number of carbonyl (C=O) groups is 1. The molecule has 4 nitrogen and oxygen atoms in total. The number of amides is 1. The maximum Gasteiger partial charge on any atom is 0.255 e. The van der Waals surface area contributed by atoms with Crippen LogP contribution in [-0.4, -0.2) is 32.8 Å². The van der Waals surface area contributed by atoms with Gasteiger partial charge in [0.05, 0.1) is 5.56 Å². The Morgan fingerprint density at radius 2 is 2.29 bits per heavy atom. The molecule has 1 amide bonds. The van der Waals surface area contributed by atoms with Gasteiger partial charge in [-0.05, 0) is 25.5 Å². The second kappa shape index (κ2) is 4.87. The maximum absolute atomic E-state index is 11.9. The summed E-state index contributed by atoms with van der Waals surface area (Å²) in [5.74, 6) is 0.839. The summed E-state index contributed by atoms with van der Waals surface area (Å²) in [6, 6.07) is 4.87. The summed E-state index contributed by atoms with van der Waals surface area (Å²) in [6.45, 7) is 1.86. The number of hydrogen-bond acceptors (Lipinski definition) is 3. The van der Waals surface area contributed by atoms with Gasteiger partial charge in [-0.25, -0.2) is 0 Å². The van der Waals surface area contributed by atoms with Crippen molar-refractivity contribution in [1.29, 1.82) is 0 Å². The Bertz CT molecular complexity index is 473. The van der Waals surface area contributed by atoms with Crippen molar-refractivity contribution in [3.63, 3.8) is 0 Å². The van der Waals surface area contributed by atoms with Gasteiger partial charge in [-0.2, -0.15) is 0 Å². The Hall–Kier alpha value is -1.36. The molecular formula is C12H15NO3S. The third-order valence-corrected chi connectivity index (χ3v) is 4.28. The minimum atomic E-state index is -0.813. The van der Waals surface area contributed by atoms with E-state index in [4.69, 9.17) is 0 Å². The number of aryl methyl sites for hydroxylation is 1. The highest BCUT2D eigenvalue weighted by molar-refractivity contribution is 7.85. The van der Waals surface area contributed by atoms with E-state index in [2.05, 4.69) is 5.32 Å². The number of rotatable bonds is 2. The van der Waals surface area contributed by atoms with Gasteiger partial charge in [-0.1, -0.05) is 11.6 Å². The summed E-state index contributed by atoms with van der Waals surface area (Å²) in [6.07, 6.45) is 0.741. The SMILES string of the molecule is Cc1ccc(O)c(C(=O)N[C@@H]2CC[S@](=O)C2)c1. The highest BCUT2D eigenvalue weighted by Crippen LogP contribution is 2.18. The molecule has 0 spiro atoms. The van der Waals surface area contributed by atoms with E-state index in [9.17, 15) is 14.1 Å². The second-order valence-electron chi connectivity index (χ2n) is 4.29. The summed E-state index contributed by atoms with van der Waals surface area (Å²) >= 11 is 0. The van der Waals surface area contributed by atoms with Crippen LogP contribution in [0.25, 0.3) is 0 Å². The number of benzene rings is 1. The van der Waals surface area contributed by atoms with Crippen molar-refractivity contribution in [1.82, 2.24) is 5.32 Å². The fourth-order valence-corrected chi connectivity index (χ4v) is 3.29. The Morgan fingerprint density at radius 1 is 1.53 bits per heavy atom. The first kappa shape index (κ1) is 12.1. The molecule has 92 valence electrons. The average molecular weight is 253 g/mol. The largest absolute Gasteiger partial charge is 0.507 e. The molecule has 17 heavy (non-hydrogen) atoms. The van der Waals surface area contributed by atoms with Crippen molar-refractivity contribution in [3.8, 4) is 5.75 Å². The lowest BCUT2D eigenvalue weighted by Crippen LogP contribution is -2.35. The molecule has 1 saturated heterocycles. The van der Waals surface area contributed by atoms with Gasteiger partial charge in [0.25, 0.3) is 5.91 Å². The van der Waals surface area contributed by atoms with Gasteiger partial charge in [0.15, 0.2) is 0 Å². The molecule has 1 heterocycles. The van der Waals surface area contributed by atoms with Gasteiger partial charge in [-0.3, -0.25) is 9.00 Å². The lowest BCUT2D eigenvalue weighted by molar-refractivity contribution is 0.0938. The van der Waals surface area contributed by atoms with Crippen molar-refractivity contribution >= 4 is 16.7 Å². The minimum Gasteiger partial charge on any atom is -0.507 e. The molecule has 0 bridgehead atoms. The molecule has 1 aliphatic rings. The van der Waals surface area contributed by atoms with Crippen LogP contribution >= 0.6 is 0 Å². The Labute approximate surface area is 102 Å². The molecule has 0 aromatic heterocycles. The van der Waals surface area contributed by atoms with Crippen LogP contribution in [0.2, 0.25) is 0 Å². The molecule has 0 saturated carbocycles. The van der Waals surface area contributed by atoms with E-state index >= 15 is 0 Å². The molecule has 1 aromatic carbocycles. The Balaban J connectivity index is 2.09. The summed E-state index contributed by atoms with van der Waals surface area (Å²) in [5.41, 5.74) is 1.20. The zero-order chi connectivity index (χ0) is 12.4. The van der Waals surface area contributed by atoms with E-state index in [1.807, 2.05) is 6.92 Å². The van der Waals surface area contributed by atoms with Crippen molar-refractivity contribution in [2.45, 2.75) is 19.4 Å².